The molecule has 6 nitrogen and oxygen atoms in total. The summed E-state index contributed by atoms with van der Waals surface area (Å²) < 4.78 is 0. The van der Waals surface area contributed by atoms with Gasteiger partial charge >= 0.3 is 5.97 Å². The van der Waals surface area contributed by atoms with Gasteiger partial charge in [0.15, 0.2) is 0 Å². The quantitative estimate of drug-likeness (QED) is 0.427. The topological polar surface area (TPSA) is 109 Å². The van der Waals surface area contributed by atoms with E-state index in [0.29, 0.717) is 6.42 Å². The molecule has 1 atom stereocenters. The molecule has 2 amide bonds. The number of hydrogen-bond acceptors (Lipinski definition) is 3. The van der Waals surface area contributed by atoms with Crippen molar-refractivity contribution in [2.24, 2.45) is 5.73 Å². The highest BCUT2D eigenvalue weighted by Crippen LogP contribution is 2.09. The second-order valence-electron chi connectivity index (χ2n) is 5.68. The Labute approximate surface area is 132 Å². The summed E-state index contributed by atoms with van der Waals surface area (Å²) in [5.74, 6) is -1.94. The van der Waals surface area contributed by atoms with Crippen molar-refractivity contribution in [1.29, 1.82) is 0 Å². The Balaban J connectivity index is 3.72. The number of amides is 2. The summed E-state index contributed by atoms with van der Waals surface area (Å²) >= 11 is 0. The Bertz CT molecular complexity index is 345. The maximum atomic E-state index is 11.7. The number of nitrogens with two attached hydrogens (primary N) is 1. The lowest BCUT2D eigenvalue weighted by atomic mass is 10.1. The normalized spacial score (nSPS) is 11.9. The van der Waals surface area contributed by atoms with Crippen molar-refractivity contribution in [3.05, 3.63) is 0 Å². The van der Waals surface area contributed by atoms with E-state index in [1.54, 1.807) is 0 Å². The molecular weight excluding hydrogens is 284 g/mol. The van der Waals surface area contributed by atoms with Gasteiger partial charge in [0.05, 0.1) is 0 Å². The summed E-state index contributed by atoms with van der Waals surface area (Å²) in [6.45, 7) is 2.19. The standard InChI is InChI=1S/C16H30N2O4/c1-2-3-4-5-6-7-8-9-10-14(19)18-13(16(17)22)11-12-15(20)21/h13H,2-12H2,1H3,(H2,17,22)(H,18,19)(H,20,21)/t13-/m1/s1. The average molecular weight is 314 g/mol. The van der Waals surface area contributed by atoms with Gasteiger partial charge in [0.25, 0.3) is 0 Å². The maximum absolute atomic E-state index is 11.7. The zero-order valence-electron chi connectivity index (χ0n) is 13.6. The van der Waals surface area contributed by atoms with E-state index in [2.05, 4.69) is 12.2 Å². The first-order chi connectivity index (χ1) is 10.5. The number of rotatable bonds is 14. The fraction of sp³-hybridized carbons (Fsp3) is 0.812. The van der Waals surface area contributed by atoms with E-state index in [-0.39, 0.29) is 18.7 Å². The average Bonchev–Trinajstić information content (AvgIpc) is 2.45. The Morgan fingerprint density at radius 3 is 2.00 bits per heavy atom. The molecule has 0 fully saturated rings. The van der Waals surface area contributed by atoms with Crippen LogP contribution in [0.1, 0.15) is 77.6 Å². The summed E-state index contributed by atoms with van der Waals surface area (Å²) in [5, 5.41) is 11.1. The molecule has 0 unspecified atom stereocenters. The fourth-order valence-electron chi connectivity index (χ4n) is 2.24. The van der Waals surface area contributed by atoms with Gasteiger partial charge in [-0.1, -0.05) is 51.9 Å². The molecule has 0 aliphatic heterocycles. The van der Waals surface area contributed by atoms with E-state index in [1.807, 2.05) is 0 Å². The molecule has 0 saturated carbocycles. The second kappa shape index (κ2) is 13.1. The third kappa shape index (κ3) is 12.2. The van der Waals surface area contributed by atoms with Crippen molar-refractivity contribution in [2.45, 2.75) is 83.6 Å². The SMILES string of the molecule is CCCCCCCCCCC(=O)N[C@H](CCC(=O)O)C(N)=O. The number of carboxylic acids is 1. The molecular formula is C16H30N2O4. The van der Waals surface area contributed by atoms with Crippen LogP contribution >= 0.6 is 0 Å². The van der Waals surface area contributed by atoms with Crippen molar-refractivity contribution < 1.29 is 19.5 Å². The molecule has 0 aromatic carbocycles. The molecule has 0 aromatic heterocycles. The summed E-state index contributed by atoms with van der Waals surface area (Å²) in [5.41, 5.74) is 5.16. The Hall–Kier alpha value is -1.59. The number of hydrogen-bond donors (Lipinski definition) is 3. The van der Waals surface area contributed by atoms with E-state index in [4.69, 9.17) is 10.8 Å². The second-order valence-corrected chi connectivity index (χ2v) is 5.68. The molecule has 0 spiro atoms. The van der Waals surface area contributed by atoms with Crippen LogP contribution in [0.25, 0.3) is 0 Å². The van der Waals surface area contributed by atoms with Gasteiger partial charge in [-0.2, -0.15) is 0 Å². The van der Waals surface area contributed by atoms with E-state index >= 15 is 0 Å². The van der Waals surface area contributed by atoms with Crippen molar-refractivity contribution in [3.63, 3.8) is 0 Å². The lowest BCUT2D eigenvalue weighted by molar-refractivity contribution is -0.137. The number of carbonyl (C=O) groups excluding carboxylic acids is 2. The first kappa shape index (κ1) is 20.4. The van der Waals surface area contributed by atoms with E-state index in [9.17, 15) is 14.4 Å². The minimum absolute atomic E-state index is 0.0356. The van der Waals surface area contributed by atoms with Crippen molar-refractivity contribution in [3.8, 4) is 0 Å². The molecule has 0 heterocycles. The first-order valence-corrected chi connectivity index (χ1v) is 8.27. The molecule has 128 valence electrons. The smallest absolute Gasteiger partial charge is 0.303 e. The van der Waals surface area contributed by atoms with Gasteiger partial charge in [-0.3, -0.25) is 14.4 Å². The highest BCUT2D eigenvalue weighted by molar-refractivity contribution is 5.86. The molecule has 0 aliphatic rings. The fourth-order valence-corrected chi connectivity index (χ4v) is 2.24. The van der Waals surface area contributed by atoms with Crippen LogP contribution in [0.3, 0.4) is 0 Å². The van der Waals surface area contributed by atoms with Gasteiger partial charge in [0.1, 0.15) is 6.04 Å². The summed E-state index contributed by atoms with van der Waals surface area (Å²) in [6, 6.07) is -0.891. The van der Waals surface area contributed by atoms with Gasteiger partial charge < -0.3 is 16.2 Å². The van der Waals surface area contributed by atoms with Crippen LogP contribution in [0, 0.1) is 0 Å². The largest absolute Gasteiger partial charge is 0.481 e. The minimum atomic E-state index is -1.01. The summed E-state index contributed by atoms with van der Waals surface area (Å²) in [6.07, 6.45) is 9.35. The van der Waals surface area contributed by atoms with E-state index in [1.165, 1.54) is 32.1 Å². The number of carbonyl (C=O) groups is 3. The molecule has 0 bridgehead atoms. The maximum Gasteiger partial charge on any atom is 0.303 e. The minimum Gasteiger partial charge on any atom is -0.481 e. The monoisotopic (exact) mass is 314 g/mol. The Morgan fingerprint density at radius 2 is 1.50 bits per heavy atom. The van der Waals surface area contributed by atoms with Gasteiger partial charge in [-0.05, 0) is 12.8 Å². The van der Waals surface area contributed by atoms with Gasteiger partial charge in [0.2, 0.25) is 11.8 Å². The molecule has 22 heavy (non-hydrogen) atoms. The number of unbranched alkanes of at least 4 members (excludes halogenated alkanes) is 7. The number of aliphatic carboxylic acids is 1. The molecule has 0 radical (unpaired) electrons. The molecule has 0 aliphatic carbocycles. The molecule has 6 heteroatoms. The number of nitrogens with one attached hydrogen (secondary N) is 1. The Morgan fingerprint density at radius 1 is 0.955 bits per heavy atom. The van der Waals surface area contributed by atoms with Crippen molar-refractivity contribution >= 4 is 17.8 Å². The first-order valence-electron chi connectivity index (χ1n) is 8.27. The van der Waals surface area contributed by atoms with Gasteiger partial charge in [0, 0.05) is 12.8 Å². The summed E-state index contributed by atoms with van der Waals surface area (Å²) in [4.78, 5) is 33.4. The van der Waals surface area contributed by atoms with Crippen LogP contribution in [0.5, 0.6) is 0 Å². The van der Waals surface area contributed by atoms with Crippen LogP contribution in [0.4, 0.5) is 0 Å². The predicted molar refractivity (Wildman–Crippen MR) is 85.2 cm³/mol. The molecule has 0 saturated heterocycles. The number of primary amides is 1. The molecule has 0 rings (SSSR count). The zero-order chi connectivity index (χ0) is 16.8. The van der Waals surface area contributed by atoms with Gasteiger partial charge in [-0.15, -0.1) is 0 Å². The van der Waals surface area contributed by atoms with Gasteiger partial charge in [-0.25, -0.2) is 0 Å². The van der Waals surface area contributed by atoms with E-state index in [0.717, 1.165) is 19.3 Å². The highest BCUT2D eigenvalue weighted by Gasteiger charge is 2.18. The predicted octanol–water partition coefficient (Wildman–Crippen LogP) is 2.35. The van der Waals surface area contributed by atoms with Crippen molar-refractivity contribution in [1.82, 2.24) is 5.32 Å². The molecule has 4 N–H and O–H groups in total. The van der Waals surface area contributed by atoms with Crippen LogP contribution in [0.2, 0.25) is 0 Å². The lowest BCUT2D eigenvalue weighted by Gasteiger charge is -2.14. The third-order valence-electron chi connectivity index (χ3n) is 3.58. The third-order valence-corrected chi connectivity index (χ3v) is 3.58. The Kier molecular flexibility index (Phi) is 12.2. The molecule has 0 aromatic rings. The summed E-state index contributed by atoms with van der Waals surface area (Å²) in [7, 11) is 0. The van der Waals surface area contributed by atoms with E-state index < -0.39 is 17.9 Å². The van der Waals surface area contributed by atoms with Crippen LogP contribution in [0.15, 0.2) is 0 Å². The number of carboxylic acid groups (broad SMARTS) is 1. The highest BCUT2D eigenvalue weighted by atomic mass is 16.4. The van der Waals surface area contributed by atoms with Crippen LogP contribution in [-0.4, -0.2) is 28.9 Å². The lowest BCUT2D eigenvalue weighted by Crippen LogP contribution is -2.44. The van der Waals surface area contributed by atoms with Crippen molar-refractivity contribution in [2.75, 3.05) is 0 Å². The zero-order valence-corrected chi connectivity index (χ0v) is 13.6. The van der Waals surface area contributed by atoms with Crippen LogP contribution in [-0.2, 0) is 14.4 Å². The van der Waals surface area contributed by atoms with Crippen LogP contribution < -0.4 is 11.1 Å².